The molecule has 3 aromatic rings. The Kier molecular flexibility index (Phi) is 7.16. The smallest absolute Gasteiger partial charge is 0.429 e. The largest absolute Gasteiger partial charge is 0.481 e. The molecule has 2 aromatic carbocycles. The van der Waals surface area contributed by atoms with Gasteiger partial charge in [-0.2, -0.15) is 13.2 Å². The zero-order valence-corrected chi connectivity index (χ0v) is 18.4. The first kappa shape index (κ1) is 23.7. The molecule has 4 nitrogen and oxygen atoms in total. The van der Waals surface area contributed by atoms with E-state index in [0.717, 1.165) is 16.0 Å². The molecule has 0 unspecified atom stereocenters. The topological polar surface area (TPSA) is 73.5 Å². The van der Waals surface area contributed by atoms with Crippen LogP contribution in [-0.2, 0) is 11.2 Å². The van der Waals surface area contributed by atoms with Gasteiger partial charge in [-0.05, 0) is 47.9 Å². The van der Waals surface area contributed by atoms with Gasteiger partial charge in [0, 0.05) is 16.2 Å². The van der Waals surface area contributed by atoms with Gasteiger partial charge in [0.1, 0.15) is 5.71 Å². The molecule has 0 atom stereocenters. The van der Waals surface area contributed by atoms with Crippen molar-refractivity contribution < 1.29 is 23.1 Å². The van der Waals surface area contributed by atoms with E-state index in [4.69, 9.17) is 22.1 Å². The van der Waals surface area contributed by atoms with Gasteiger partial charge in [-0.15, -0.1) is 11.3 Å². The van der Waals surface area contributed by atoms with E-state index >= 15 is 0 Å². The van der Waals surface area contributed by atoms with Gasteiger partial charge in [-0.1, -0.05) is 41.9 Å². The molecule has 2 N–H and O–H groups in total. The predicted octanol–water partition coefficient (Wildman–Crippen LogP) is 7.10. The molecule has 0 saturated heterocycles. The van der Waals surface area contributed by atoms with Crippen molar-refractivity contribution >= 4 is 46.0 Å². The number of hydrogen-bond acceptors (Lipinski definition) is 4. The Morgan fingerprint density at radius 1 is 1.16 bits per heavy atom. The molecule has 0 bridgehead atoms. The maximum atomic E-state index is 13.1. The highest BCUT2D eigenvalue weighted by Crippen LogP contribution is 2.34. The fraction of sp³-hybridized carbons (Fsp3) is 0.174. The van der Waals surface area contributed by atoms with Gasteiger partial charge in [0.15, 0.2) is 0 Å². The van der Waals surface area contributed by atoms with Gasteiger partial charge >= 0.3 is 12.1 Å². The Morgan fingerprint density at radius 2 is 1.88 bits per heavy atom. The van der Waals surface area contributed by atoms with Crippen molar-refractivity contribution in [1.82, 2.24) is 0 Å². The Morgan fingerprint density at radius 3 is 2.50 bits per heavy atom. The number of halogens is 4. The maximum Gasteiger partial charge on any atom is 0.429 e. The summed E-state index contributed by atoms with van der Waals surface area (Å²) in [6, 6.07) is 15.3. The van der Waals surface area contributed by atoms with Gasteiger partial charge in [0.05, 0.1) is 22.8 Å². The second-order valence-corrected chi connectivity index (χ2v) is 8.54. The Labute approximate surface area is 191 Å². The number of benzene rings is 2. The molecular formula is C23H18ClF3N2O2S. The number of alkyl halides is 3. The molecular weight excluding hydrogens is 461 g/mol. The summed E-state index contributed by atoms with van der Waals surface area (Å²) in [5.41, 5.74) is 1.38. The lowest BCUT2D eigenvalue weighted by Crippen LogP contribution is -2.24. The van der Waals surface area contributed by atoms with Crippen molar-refractivity contribution in [3.8, 4) is 10.4 Å². The van der Waals surface area contributed by atoms with E-state index in [-0.39, 0.29) is 12.1 Å². The van der Waals surface area contributed by atoms with Crippen molar-refractivity contribution in [3.05, 3.63) is 75.6 Å². The third-order valence-electron chi connectivity index (χ3n) is 4.60. The highest BCUT2D eigenvalue weighted by molar-refractivity contribution is 7.17. The second-order valence-electron chi connectivity index (χ2n) is 7.05. The fourth-order valence-electron chi connectivity index (χ4n) is 3.06. The zero-order valence-electron chi connectivity index (χ0n) is 16.8. The molecule has 0 spiro atoms. The van der Waals surface area contributed by atoms with Gasteiger partial charge < -0.3 is 10.5 Å². The van der Waals surface area contributed by atoms with Crippen LogP contribution < -0.4 is 0 Å². The molecule has 0 saturated carbocycles. The van der Waals surface area contributed by atoms with Crippen molar-refractivity contribution in [2.24, 2.45) is 4.99 Å². The summed E-state index contributed by atoms with van der Waals surface area (Å²) in [6.07, 6.45) is -5.53. The van der Waals surface area contributed by atoms with E-state index in [1.165, 1.54) is 11.3 Å². The summed E-state index contributed by atoms with van der Waals surface area (Å²) in [5.74, 6) is -0.928. The number of para-hydroxylation sites is 1. The normalized spacial score (nSPS) is 12.1. The number of hydrogen-bond donors (Lipinski definition) is 2. The van der Waals surface area contributed by atoms with Crippen molar-refractivity contribution in [2.45, 2.75) is 25.9 Å². The number of carboxylic acid groups (broad SMARTS) is 1. The standard InChI is InChI=1S/C23H18ClF3N2O2S/c1-13-10-14(11-22(30)31)6-7-15(13)19-8-9-20(32-19)18(12-21(28)23(25,26)27)29-17-5-3-2-4-16(17)24/h2-10,28H,11-12H2,1H3,(H,30,31). The molecule has 3 rings (SSSR count). The van der Waals surface area contributed by atoms with Gasteiger partial charge in [0.2, 0.25) is 0 Å². The Bertz CT molecular complexity index is 1200. The molecule has 9 heteroatoms. The third-order valence-corrected chi connectivity index (χ3v) is 6.08. The molecule has 32 heavy (non-hydrogen) atoms. The van der Waals surface area contributed by atoms with Gasteiger partial charge in [-0.3, -0.25) is 9.79 Å². The van der Waals surface area contributed by atoms with Crippen molar-refractivity contribution in [3.63, 3.8) is 0 Å². The lowest BCUT2D eigenvalue weighted by Gasteiger charge is -2.10. The number of carboxylic acids is 1. The summed E-state index contributed by atoms with van der Waals surface area (Å²) < 4.78 is 39.2. The first-order valence-electron chi connectivity index (χ1n) is 9.43. The molecule has 0 aliphatic heterocycles. The number of aliphatic carboxylic acids is 1. The summed E-state index contributed by atoms with van der Waals surface area (Å²) in [7, 11) is 0. The second kappa shape index (κ2) is 9.67. The van der Waals surface area contributed by atoms with Crippen molar-refractivity contribution in [2.75, 3.05) is 0 Å². The molecule has 0 radical (unpaired) electrons. The summed E-state index contributed by atoms with van der Waals surface area (Å²) in [6.45, 7) is 1.85. The number of nitrogens with one attached hydrogen (secondary N) is 1. The SMILES string of the molecule is Cc1cc(CC(=O)O)ccc1-c1ccc(C(CC(=N)C(F)(F)F)=Nc2ccccc2Cl)s1. The van der Waals surface area contributed by atoms with E-state index in [2.05, 4.69) is 4.99 Å². The minimum absolute atomic E-state index is 0.0923. The van der Waals surface area contributed by atoms with Gasteiger partial charge in [-0.25, -0.2) is 0 Å². The van der Waals surface area contributed by atoms with Crippen LogP contribution in [0, 0.1) is 12.3 Å². The highest BCUT2D eigenvalue weighted by atomic mass is 35.5. The Hall–Kier alpha value is -2.97. The summed E-state index contributed by atoms with van der Waals surface area (Å²) in [4.78, 5) is 16.6. The van der Waals surface area contributed by atoms with Crippen LogP contribution in [0.3, 0.4) is 0 Å². The number of carbonyl (C=O) groups is 1. The summed E-state index contributed by atoms with van der Waals surface area (Å²) in [5, 5.41) is 16.7. The molecule has 0 amide bonds. The Balaban J connectivity index is 2.00. The van der Waals surface area contributed by atoms with Crippen LogP contribution in [-0.4, -0.2) is 28.7 Å². The maximum absolute atomic E-state index is 13.1. The highest BCUT2D eigenvalue weighted by Gasteiger charge is 2.35. The lowest BCUT2D eigenvalue weighted by atomic mass is 10.0. The number of aryl methyl sites for hydroxylation is 1. The molecule has 0 aliphatic rings. The predicted molar refractivity (Wildman–Crippen MR) is 122 cm³/mol. The average molecular weight is 479 g/mol. The fourth-order valence-corrected chi connectivity index (χ4v) is 4.32. The van der Waals surface area contributed by atoms with Crippen LogP contribution in [0.1, 0.15) is 22.4 Å². The van der Waals surface area contributed by atoms with Crippen molar-refractivity contribution in [1.29, 1.82) is 5.41 Å². The minimum atomic E-state index is -4.75. The molecule has 0 fully saturated rings. The number of thiophene rings is 1. The van der Waals surface area contributed by atoms with E-state index in [1.807, 2.05) is 6.92 Å². The van der Waals surface area contributed by atoms with Crippen LogP contribution in [0.25, 0.3) is 10.4 Å². The number of aliphatic imine (C=N–C) groups is 1. The van der Waals surface area contributed by atoms with Crippen LogP contribution in [0.2, 0.25) is 5.02 Å². The monoisotopic (exact) mass is 478 g/mol. The minimum Gasteiger partial charge on any atom is -0.481 e. The first-order valence-corrected chi connectivity index (χ1v) is 10.6. The van der Waals surface area contributed by atoms with Crippen LogP contribution in [0.5, 0.6) is 0 Å². The van der Waals surface area contributed by atoms with Gasteiger partial charge in [0.25, 0.3) is 0 Å². The molecule has 1 aromatic heterocycles. The summed E-state index contributed by atoms with van der Waals surface area (Å²) >= 11 is 7.39. The van der Waals surface area contributed by atoms with Crippen LogP contribution in [0.4, 0.5) is 18.9 Å². The number of nitrogens with zero attached hydrogens (tertiary/aromatic N) is 1. The van der Waals surface area contributed by atoms with E-state index in [9.17, 15) is 18.0 Å². The quantitative estimate of drug-likeness (QED) is 0.355. The molecule has 1 heterocycles. The van der Waals surface area contributed by atoms with Crippen LogP contribution in [0.15, 0.2) is 59.6 Å². The van der Waals surface area contributed by atoms with Crippen LogP contribution >= 0.6 is 22.9 Å². The van der Waals surface area contributed by atoms with E-state index in [0.29, 0.717) is 21.2 Å². The zero-order chi connectivity index (χ0) is 23.5. The molecule has 166 valence electrons. The lowest BCUT2D eigenvalue weighted by molar-refractivity contribution is -0.136. The number of rotatable bonds is 7. The first-order chi connectivity index (χ1) is 15.0. The van der Waals surface area contributed by atoms with E-state index < -0.39 is 24.3 Å². The third kappa shape index (κ3) is 5.83. The average Bonchev–Trinajstić information content (AvgIpc) is 3.17. The van der Waals surface area contributed by atoms with E-state index in [1.54, 1.807) is 54.6 Å². The molecule has 0 aliphatic carbocycles.